The van der Waals surface area contributed by atoms with E-state index in [0.717, 1.165) is 21.7 Å². The van der Waals surface area contributed by atoms with Gasteiger partial charge in [0.1, 0.15) is 19.7 Å². The van der Waals surface area contributed by atoms with Crippen LogP contribution < -0.4 is 9.47 Å². The molecule has 2 rings (SSSR count). The summed E-state index contributed by atoms with van der Waals surface area (Å²) in [6, 6.07) is 11.3. The fourth-order valence-electron chi connectivity index (χ4n) is 2.59. The smallest absolute Gasteiger partial charge is 0.324 e. The van der Waals surface area contributed by atoms with E-state index in [9.17, 15) is 9.59 Å². The van der Waals surface area contributed by atoms with Crippen LogP contribution in [0.5, 0.6) is 11.5 Å². The van der Waals surface area contributed by atoms with Crippen molar-refractivity contribution in [3.05, 3.63) is 58.7 Å². The molecule has 0 saturated heterocycles. The van der Waals surface area contributed by atoms with Gasteiger partial charge in [-0.1, -0.05) is 23.8 Å². The highest BCUT2D eigenvalue weighted by atomic mass is 16.5. The monoisotopic (exact) mass is 400 g/mol. The van der Waals surface area contributed by atoms with E-state index in [0.29, 0.717) is 23.7 Å². The van der Waals surface area contributed by atoms with Crippen LogP contribution >= 0.6 is 0 Å². The van der Waals surface area contributed by atoms with Gasteiger partial charge in [0.15, 0.2) is 11.5 Å². The quantitative estimate of drug-likeness (QED) is 0.466. The lowest BCUT2D eigenvalue weighted by Crippen LogP contribution is -2.30. The molecule has 0 fully saturated rings. The Labute approximate surface area is 169 Å². The number of carbonyl (C=O) groups is 2. The molecule has 8 nitrogen and oxygen atoms in total. The summed E-state index contributed by atoms with van der Waals surface area (Å²) in [5, 5.41) is 22.6. The SMILES string of the molecule is COc1cc(/C=N\N(CC(=O)O)CC(=O)O)ccc1OCc1cc(C)ccc1C. The number of benzene rings is 2. The Bertz CT molecular complexity index is 894. The van der Waals surface area contributed by atoms with Crippen molar-refractivity contribution in [3.8, 4) is 11.5 Å². The predicted octanol–water partition coefficient (Wildman–Crippen LogP) is 2.70. The molecule has 0 radical (unpaired) electrons. The lowest BCUT2D eigenvalue weighted by molar-refractivity contribution is -0.141. The van der Waals surface area contributed by atoms with Crippen LogP contribution in [0.25, 0.3) is 0 Å². The summed E-state index contributed by atoms with van der Waals surface area (Å²) in [5.74, 6) is -1.30. The molecule has 0 heterocycles. The van der Waals surface area contributed by atoms with E-state index in [1.54, 1.807) is 18.2 Å². The highest BCUT2D eigenvalue weighted by Crippen LogP contribution is 2.28. The second-order valence-corrected chi connectivity index (χ2v) is 6.48. The van der Waals surface area contributed by atoms with Gasteiger partial charge in [-0.3, -0.25) is 14.6 Å². The number of carboxylic acid groups (broad SMARTS) is 2. The van der Waals surface area contributed by atoms with Crippen LogP contribution in [0.2, 0.25) is 0 Å². The van der Waals surface area contributed by atoms with E-state index < -0.39 is 25.0 Å². The second-order valence-electron chi connectivity index (χ2n) is 6.48. The molecule has 0 bridgehead atoms. The molecule has 154 valence electrons. The fraction of sp³-hybridized carbons (Fsp3) is 0.286. The zero-order valence-corrected chi connectivity index (χ0v) is 16.6. The van der Waals surface area contributed by atoms with Crippen LogP contribution in [0.1, 0.15) is 22.3 Å². The van der Waals surface area contributed by atoms with Gasteiger partial charge in [-0.25, -0.2) is 0 Å². The van der Waals surface area contributed by atoms with Crippen LogP contribution in [0.3, 0.4) is 0 Å². The molecule has 2 aromatic rings. The topological polar surface area (TPSA) is 109 Å². The van der Waals surface area contributed by atoms with E-state index in [4.69, 9.17) is 19.7 Å². The summed E-state index contributed by atoms with van der Waals surface area (Å²) in [7, 11) is 1.52. The van der Waals surface area contributed by atoms with E-state index in [1.807, 2.05) is 26.0 Å². The Kier molecular flexibility index (Phi) is 7.59. The Morgan fingerprint density at radius 3 is 2.34 bits per heavy atom. The first-order chi connectivity index (χ1) is 13.8. The van der Waals surface area contributed by atoms with Crippen molar-refractivity contribution < 1.29 is 29.3 Å². The van der Waals surface area contributed by atoms with Gasteiger partial charge in [-0.2, -0.15) is 5.10 Å². The summed E-state index contributed by atoms with van der Waals surface area (Å²) in [6.45, 7) is 3.40. The molecule has 0 aliphatic carbocycles. The lowest BCUT2D eigenvalue weighted by Gasteiger charge is -2.14. The van der Waals surface area contributed by atoms with E-state index in [2.05, 4.69) is 11.2 Å². The summed E-state index contributed by atoms with van der Waals surface area (Å²) >= 11 is 0. The maximum atomic E-state index is 10.8. The average molecular weight is 400 g/mol. The summed E-state index contributed by atoms with van der Waals surface area (Å²) < 4.78 is 11.3. The van der Waals surface area contributed by atoms with E-state index in [-0.39, 0.29) is 0 Å². The lowest BCUT2D eigenvalue weighted by atomic mass is 10.1. The van der Waals surface area contributed by atoms with Crippen molar-refractivity contribution >= 4 is 18.2 Å². The number of hydrazone groups is 1. The average Bonchev–Trinajstić information content (AvgIpc) is 2.66. The predicted molar refractivity (Wildman–Crippen MR) is 108 cm³/mol. The maximum Gasteiger partial charge on any atom is 0.324 e. The van der Waals surface area contributed by atoms with Gasteiger partial charge in [0, 0.05) is 0 Å². The molecule has 0 spiro atoms. The van der Waals surface area contributed by atoms with Gasteiger partial charge >= 0.3 is 11.9 Å². The highest BCUT2D eigenvalue weighted by molar-refractivity contribution is 5.81. The number of ether oxygens (including phenoxy) is 2. The molecule has 0 aliphatic rings. The first-order valence-electron chi connectivity index (χ1n) is 8.88. The molecular formula is C21H24N2O6. The summed E-state index contributed by atoms with van der Waals surface area (Å²) in [4.78, 5) is 21.7. The maximum absolute atomic E-state index is 10.8. The van der Waals surface area contributed by atoms with Gasteiger partial charge in [0.2, 0.25) is 0 Å². The molecule has 0 aliphatic heterocycles. The summed E-state index contributed by atoms with van der Waals surface area (Å²) in [5.41, 5.74) is 3.98. The Morgan fingerprint density at radius 2 is 1.72 bits per heavy atom. The third kappa shape index (κ3) is 6.84. The third-order valence-corrected chi connectivity index (χ3v) is 4.08. The van der Waals surface area contributed by atoms with Gasteiger partial charge in [-0.05, 0) is 48.7 Å². The fourth-order valence-corrected chi connectivity index (χ4v) is 2.59. The van der Waals surface area contributed by atoms with Gasteiger partial charge in [0.05, 0.1) is 13.3 Å². The van der Waals surface area contributed by atoms with Crippen molar-refractivity contribution in [1.29, 1.82) is 0 Å². The number of rotatable bonds is 10. The van der Waals surface area contributed by atoms with Crippen LogP contribution in [0.4, 0.5) is 0 Å². The molecule has 0 atom stereocenters. The van der Waals surface area contributed by atoms with Crippen LogP contribution in [0, 0.1) is 13.8 Å². The number of hydrogen-bond donors (Lipinski definition) is 2. The van der Waals surface area contributed by atoms with Crippen LogP contribution in [0.15, 0.2) is 41.5 Å². The molecular weight excluding hydrogens is 376 g/mol. The standard InChI is InChI=1S/C21H24N2O6/c1-14-4-5-15(2)17(8-14)13-29-18-7-6-16(9-19(18)28-3)10-22-23(11-20(24)25)12-21(26)27/h4-10H,11-13H2,1-3H3,(H,24,25)(H,26,27)/b22-10-. The van der Waals surface area contributed by atoms with Crippen LogP contribution in [-0.4, -0.2) is 53.6 Å². The van der Waals surface area contributed by atoms with Crippen molar-refractivity contribution in [2.24, 2.45) is 5.10 Å². The molecule has 8 heteroatoms. The highest BCUT2D eigenvalue weighted by Gasteiger charge is 2.11. The van der Waals surface area contributed by atoms with E-state index >= 15 is 0 Å². The first kappa shape index (κ1) is 21.7. The van der Waals surface area contributed by atoms with Crippen molar-refractivity contribution in [2.75, 3.05) is 20.2 Å². The van der Waals surface area contributed by atoms with Crippen molar-refractivity contribution in [1.82, 2.24) is 5.01 Å². The minimum atomic E-state index is -1.17. The van der Waals surface area contributed by atoms with Gasteiger partial charge in [-0.15, -0.1) is 0 Å². The van der Waals surface area contributed by atoms with Crippen molar-refractivity contribution in [3.63, 3.8) is 0 Å². The Morgan fingerprint density at radius 1 is 1.03 bits per heavy atom. The molecule has 0 saturated carbocycles. The number of nitrogens with zero attached hydrogens (tertiary/aromatic N) is 2. The first-order valence-corrected chi connectivity index (χ1v) is 8.88. The minimum absolute atomic E-state index is 0.391. The third-order valence-electron chi connectivity index (χ3n) is 4.08. The van der Waals surface area contributed by atoms with Crippen molar-refractivity contribution in [2.45, 2.75) is 20.5 Å². The molecule has 0 unspecified atom stereocenters. The van der Waals surface area contributed by atoms with E-state index in [1.165, 1.54) is 13.3 Å². The number of carboxylic acids is 2. The zero-order chi connectivity index (χ0) is 21.4. The normalized spacial score (nSPS) is 10.7. The molecule has 0 amide bonds. The molecule has 0 aromatic heterocycles. The zero-order valence-electron chi connectivity index (χ0n) is 16.6. The Hall–Kier alpha value is -3.55. The minimum Gasteiger partial charge on any atom is -0.493 e. The molecule has 2 N–H and O–H groups in total. The molecule has 29 heavy (non-hydrogen) atoms. The number of aryl methyl sites for hydroxylation is 2. The Balaban J connectivity index is 2.13. The number of hydrogen-bond acceptors (Lipinski definition) is 6. The molecule has 2 aromatic carbocycles. The van der Waals surface area contributed by atoms with Gasteiger partial charge < -0.3 is 19.7 Å². The largest absolute Gasteiger partial charge is 0.493 e. The number of aliphatic carboxylic acids is 2. The second kappa shape index (κ2) is 10.1. The van der Waals surface area contributed by atoms with Gasteiger partial charge in [0.25, 0.3) is 0 Å². The number of methoxy groups -OCH3 is 1. The van der Waals surface area contributed by atoms with Crippen LogP contribution in [-0.2, 0) is 16.2 Å². The summed E-state index contributed by atoms with van der Waals surface area (Å²) in [6.07, 6.45) is 1.38.